The fourth-order valence-corrected chi connectivity index (χ4v) is 2.48. The minimum Gasteiger partial charge on any atom is -0.325 e. The minimum absolute atomic E-state index is 0.218. The molecular weight excluding hydrogens is 300 g/mol. The van der Waals surface area contributed by atoms with Gasteiger partial charge in [0.15, 0.2) is 0 Å². The van der Waals surface area contributed by atoms with E-state index in [1.165, 1.54) is 0 Å². The Morgan fingerprint density at radius 2 is 1.71 bits per heavy atom. The molecule has 0 radical (unpaired) electrons. The predicted molar refractivity (Wildman–Crippen MR) is 98.1 cm³/mol. The van der Waals surface area contributed by atoms with Crippen LogP contribution >= 0.6 is 0 Å². The molecule has 0 spiro atoms. The van der Waals surface area contributed by atoms with E-state index in [0.717, 1.165) is 11.3 Å². The van der Waals surface area contributed by atoms with Gasteiger partial charge in [-0.05, 0) is 57.5 Å². The van der Waals surface area contributed by atoms with E-state index in [0.29, 0.717) is 12.2 Å². The van der Waals surface area contributed by atoms with Crippen LogP contribution < -0.4 is 10.2 Å². The summed E-state index contributed by atoms with van der Waals surface area (Å²) in [7, 11) is 0. The summed E-state index contributed by atoms with van der Waals surface area (Å²) in [6.07, 6.45) is 0. The normalized spacial score (nSPS) is 11.0. The molecule has 0 saturated carbocycles. The highest BCUT2D eigenvalue weighted by Crippen LogP contribution is 2.26. The Balaban J connectivity index is 2.22. The monoisotopic (exact) mass is 324 g/mol. The van der Waals surface area contributed by atoms with Crippen molar-refractivity contribution in [1.82, 2.24) is 0 Å². The Bertz CT molecular complexity index is 723. The Kier molecular flexibility index (Phi) is 5.39. The van der Waals surface area contributed by atoms with Crippen molar-refractivity contribution < 1.29 is 9.59 Å². The molecule has 0 aliphatic rings. The summed E-state index contributed by atoms with van der Waals surface area (Å²) in [5.41, 5.74) is 1.39. The van der Waals surface area contributed by atoms with E-state index in [2.05, 4.69) is 5.32 Å². The van der Waals surface area contributed by atoms with Crippen molar-refractivity contribution in [2.75, 3.05) is 16.8 Å². The smallest absolute Gasteiger partial charge is 0.242 e. The van der Waals surface area contributed by atoms with Gasteiger partial charge in [0, 0.05) is 17.9 Å². The molecule has 2 aromatic rings. The molecule has 0 atom stereocenters. The number of hydrogen-bond acceptors (Lipinski definition) is 2. The van der Waals surface area contributed by atoms with Crippen molar-refractivity contribution in [3.05, 3.63) is 60.2 Å². The highest BCUT2D eigenvalue weighted by atomic mass is 16.2. The fraction of sp³-hybridized carbons (Fsp3) is 0.300. The average Bonchev–Trinajstić information content (AvgIpc) is 2.56. The maximum atomic E-state index is 13.0. The van der Waals surface area contributed by atoms with Gasteiger partial charge in [-0.1, -0.05) is 30.3 Å². The first-order valence-electron chi connectivity index (χ1n) is 8.11. The molecule has 0 bridgehead atoms. The molecule has 126 valence electrons. The number of nitrogens with one attached hydrogen (secondary N) is 1. The van der Waals surface area contributed by atoms with Crippen molar-refractivity contribution >= 4 is 23.2 Å². The van der Waals surface area contributed by atoms with Gasteiger partial charge in [-0.3, -0.25) is 9.59 Å². The molecular formula is C20H24N2O2. The summed E-state index contributed by atoms with van der Waals surface area (Å²) in [5, 5.41) is 2.82. The van der Waals surface area contributed by atoms with Crippen molar-refractivity contribution in [3.63, 3.8) is 0 Å². The number of amides is 2. The van der Waals surface area contributed by atoms with Crippen LogP contribution in [0, 0.1) is 12.3 Å². The number of nitrogens with zero attached hydrogens (tertiary/aromatic N) is 1. The second-order valence-electron chi connectivity index (χ2n) is 6.33. The van der Waals surface area contributed by atoms with Crippen LogP contribution in [0.15, 0.2) is 54.6 Å². The van der Waals surface area contributed by atoms with Gasteiger partial charge >= 0.3 is 0 Å². The molecule has 0 aliphatic heterocycles. The highest BCUT2D eigenvalue weighted by molar-refractivity contribution is 6.14. The summed E-state index contributed by atoms with van der Waals surface area (Å²) in [5.74, 6) is -0.533. The van der Waals surface area contributed by atoms with E-state index < -0.39 is 5.41 Å². The summed E-state index contributed by atoms with van der Waals surface area (Å²) in [6.45, 7) is 7.71. The zero-order chi connectivity index (χ0) is 17.7. The summed E-state index contributed by atoms with van der Waals surface area (Å²) >= 11 is 0. The number of carbonyl (C=O) groups is 2. The standard InChI is InChI=1S/C20H24N2O2/c1-5-22(17-13-9-10-15(2)14-17)19(24)20(3,4)18(23)21-16-11-7-6-8-12-16/h6-14H,5H2,1-4H3,(H,21,23). The van der Waals surface area contributed by atoms with Gasteiger partial charge in [0.1, 0.15) is 5.41 Å². The zero-order valence-electron chi connectivity index (χ0n) is 14.7. The van der Waals surface area contributed by atoms with E-state index in [4.69, 9.17) is 0 Å². The molecule has 2 amide bonds. The van der Waals surface area contributed by atoms with E-state index in [1.807, 2.05) is 56.3 Å². The number of rotatable bonds is 5. The zero-order valence-corrected chi connectivity index (χ0v) is 14.7. The Hall–Kier alpha value is -2.62. The lowest BCUT2D eigenvalue weighted by Crippen LogP contribution is -2.47. The number of benzene rings is 2. The fourth-order valence-electron chi connectivity index (χ4n) is 2.48. The van der Waals surface area contributed by atoms with Crippen LogP contribution in [-0.4, -0.2) is 18.4 Å². The topological polar surface area (TPSA) is 49.4 Å². The molecule has 0 aliphatic carbocycles. The van der Waals surface area contributed by atoms with Crippen LogP contribution in [0.1, 0.15) is 26.3 Å². The third kappa shape index (κ3) is 3.82. The van der Waals surface area contributed by atoms with Gasteiger partial charge < -0.3 is 10.2 Å². The summed E-state index contributed by atoms with van der Waals surface area (Å²) < 4.78 is 0. The number of anilines is 2. The van der Waals surface area contributed by atoms with Gasteiger partial charge in [-0.2, -0.15) is 0 Å². The van der Waals surface area contributed by atoms with E-state index in [9.17, 15) is 9.59 Å². The van der Waals surface area contributed by atoms with Gasteiger partial charge in [0.05, 0.1) is 0 Å². The second-order valence-corrected chi connectivity index (χ2v) is 6.33. The minimum atomic E-state index is -1.17. The van der Waals surface area contributed by atoms with Crippen LogP contribution in [-0.2, 0) is 9.59 Å². The number of para-hydroxylation sites is 1. The van der Waals surface area contributed by atoms with Gasteiger partial charge in [-0.15, -0.1) is 0 Å². The Labute approximate surface area is 143 Å². The molecule has 0 unspecified atom stereocenters. The maximum Gasteiger partial charge on any atom is 0.242 e. The number of aryl methyl sites for hydroxylation is 1. The molecule has 0 aromatic heterocycles. The molecule has 1 N–H and O–H groups in total. The van der Waals surface area contributed by atoms with Gasteiger partial charge in [0.25, 0.3) is 0 Å². The lowest BCUT2D eigenvalue weighted by Gasteiger charge is -2.30. The van der Waals surface area contributed by atoms with E-state index in [-0.39, 0.29) is 11.8 Å². The van der Waals surface area contributed by atoms with Crippen molar-refractivity contribution in [2.45, 2.75) is 27.7 Å². The number of hydrogen-bond donors (Lipinski definition) is 1. The van der Waals surface area contributed by atoms with Crippen molar-refractivity contribution in [3.8, 4) is 0 Å². The highest BCUT2D eigenvalue weighted by Gasteiger charge is 2.39. The summed E-state index contributed by atoms with van der Waals surface area (Å²) in [6, 6.07) is 16.9. The lowest BCUT2D eigenvalue weighted by molar-refractivity contribution is -0.136. The first-order chi connectivity index (χ1) is 11.4. The molecule has 0 saturated heterocycles. The van der Waals surface area contributed by atoms with Gasteiger partial charge in [-0.25, -0.2) is 0 Å². The quantitative estimate of drug-likeness (QED) is 0.845. The van der Waals surface area contributed by atoms with Crippen molar-refractivity contribution in [2.24, 2.45) is 5.41 Å². The van der Waals surface area contributed by atoms with Crippen LogP contribution in [0.3, 0.4) is 0 Å². The maximum absolute atomic E-state index is 13.0. The van der Waals surface area contributed by atoms with Crippen molar-refractivity contribution in [1.29, 1.82) is 0 Å². The predicted octanol–water partition coefficient (Wildman–Crippen LogP) is 4.01. The molecule has 2 aromatic carbocycles. The first kappa shape index (κ1) is 17.7. The van der Waals surface area contributed by atoms with E-state index in [1.54, 1.807) is 30.9 Å². The Morgan fingerprint density at radius 3 is 2.29 bits per heavy atom. The molecule has 0 fully saturated rings. The lowest BCUT2D eigenvalue weighted by atomic mass is 9.89. The van der Waals surface area contributed by atoms with Crippen LogP contribution in [0.4, 0.5) is 11.4 Å². The SMILES string of the molecule is CCN(C(=O)C(C)(C)C(=O)Nc1ccccc1)c1cccc(C)c1. The second kappa shape index (κ2) is 7.30. The first-order valence-corrected chi connectivity index (χ1v) is 8.11. The largest absolute Gasteiger partial charge is 0.325 e. The number of carbonyl (C=O) groups excluding carboxylic acids is 2. The third-order valence-corrected chi connectivity index (χ3v) is 4.01. The summed E-state index contributed by atoms with van der Waals surface area (Å²) in [4.78, 5) is 27.3. The van der Waals surface area contributed by atoms with Gasteiger partial charge in [0.2, 0.25) is 11.8 Å². The molecule has 24 heavy (non-hydrogen) atoms. The molecule has 0 heterocycles. The van der Waals surface area contributed by atoms with Crippen LogP contribution in [0.25, 0.3) is 0 Å². The average molecular weight is 324 g/mol. The molecule has 2 rings (SSSR count). The molecule has 4 heteroatoms. The molecule has 4 nitrogen and oxygen atoms in total. The van der Waals surface area contributed by atoms with Crippen LogP contribution in [0.5, 0.6) is 0 Å². The Morgan fingerprint density at radius 1 is 1.04 bits per heavy atom. The third-order valence-electron chi connectivity index (χ3n) is 4.01. The van der Waals surface area contributed by atoms with E-state index >= 15 is 0 Å². The van der Waals surface area contributed by atoms with Crippen LogP contribution in [0.2, 0.25) is 0 Å².